The Morgan fingerprint density at radius 3 is 2.63 bits per heavy atom. The van der Waals surface area contributed by atoms with Crippen molar-refractivity contribution in [1.29, 1.82) is 0 Å². The molecule has 2 fully saturated rings. The van der Waals surface area contributed by atoms with E-state index >= 15 is 0 Å². The van der Waals surface area contributed by atoms with Crippen LogP contribution in [0, 0.1) is 0 Å². The van der Waals surface area contributed by atoms with Crippen LogP contribution in [0.5, 0.6) is 0 Å². The number of halogens is 1. The molecule has 2 rings (SSSR count). The molecule has 2 unspecified atom stereocenters. The van der Waals surface area contributed by atoms with Crippen molar-refractivity contribution < 1.29 is 8.42 Å². The lowest BCUT2D eigenvalue weighted by Gasteiger charge is -2.31. The van der Waals surface area contributed by atoms with Gasteiger partial charge < -0.3 is 5.32 Å². The Morgan fingerprint density at radius 1 is 1.26 bits per heavy atom. The second-order valence-electron chi connectivity index (χ2n) is 5.39. The van der Waals surface area contributed by atoms with Crippen molar-refractivity contribution in [2.75, 3.05) is 26.7 Å². The number of hydrogen-bond acceptors (Lipinski definition) is 3. The maximum absolute atomic E-state index is 12.6. The molecule has 0 spiro atoms. The highest BCUT2D eigenvalue weighted by atomic mass is 35.5. The first-order chi connectivity index (χ1) is 8.57. The Bertz CT molecular complexity index is 363. The van der Waals surface area contributed by atoms with E-state index in [0.29, 0.717) is 6.54 Å². The summed E-state index contributed by atoms with van der Waals surface area (Å²) >= 11 is 0. The molecule has 2 aliphatic rings. The van der Waals surface area contributed by atoms with Crippen molar-refractivity contribution in [2.24, 2.45) is 0 Å². The Balaban J connectivity index is 0.00000180. The van der Waals surface area contributed by atoms with Crippen molar-refractivity contribution in [3.63, 3.8) is 0 Å². The number of nitrogens with zero attached hydrogens (tertiary/aromatic N) is 2. The molecule has 0 aliphatic carbocycles. The molecule has 0 aromatic rings. The van der Waals surface area contributed by atoms with Crippen LogP contribution in [-0.4, -0.2) is 55.8 Å². The van der Waals surface area contributed by atoms with Crippen LogP contribution in [0.4, 0.5) is 0 Å². The Morgan fingerprint density at radius 2 is 1.95 bits per heavy atom. The summed E-state index contributed by atoms with van der Waals surface area (Å²) in [5.41, 5.74) is 0. The van der Waals surface area contributed by atoms with E-state index in [-0.39, 0.29) is 24.5 Å². The van der Waals surface area contributed by atoms with Crippen molar-refractivity contribution in [3.8, 4) is 0 Å². The van der Waals surface area contributed by atoms with Crippen LogP contribution >= 0.6 is 12.4 Å². The van der Waals surface area contributed by atoms with Gasteiger partial charge in [0, 0.05) is 32.2 Å². The van der Waals surface area contributed by atoms with E-state index in [0.717, 1.165) is 45.2 Å². The highest BCUT2D eigenvalue weighted by Crippen LogP contribution is 2.31. The van der Waals surface area contributed by atoms with Gasteiger partial charge in [0.1, 0.15) is 0 Å². The first-order valence-corrected chi connectivity index (χ1v) is 8.42. The first-order valence-electron chi connectivity index (χ1n) is 7.03. The van der Waals surface area contributed by atoms with E-state index in [4.69, 9.17) is 0 Å². The number of nitrogens with one attached hydrogen (secondary N) is 1. The van der Waals surface area contributed by atoms with E-state index in [1.54, 1.807) is 11.4 Å². The molecule has 2 heterocycles. The molecule has 19 heavy (non-hydrogen) atoms. The van der Waals surface area contributed by atoms with Crippen molar-refractivity contribution >= 4 is 22.6 Å². The summed E-state index contributed by atoms with van der Waals surface area (Å²) < 4.78 is 28.6. The Labute approximate surface area is 123 Å². The molecular weight excluding hydrogens is 286 g/mol. The summed E-state index contributed by atoms with van der Waals surface area (Å²) in [6, 6.07) is 0.366. The molecule has 2 aliphatic heterocycles. The van der Waals surface area contributed by atoms with Gasteiger partial charge in [-0.1, -0.05) is 13.3 Å². The lowest BCUT2D eigenvalue weighted by Crippen LogP contribution is -2.49. The third-order valence-corrected chi connectivity index (χ3v) is 6.17. The SMILES string of the molecule is CCCCN(C)S(=O)(=O)N1C2CCNCC1CC2.Cl. The van der Waals surface area contributed by atoms with Crippen LogP contribution in [0.2, 0.25) is 0 Å². The predicted octanol–water partition coefficient (Wildman–Crippen LogP) is 1.21. The monoisotopic (exact) mass is 311 g/mol. The van der Waals surface area contributed by atoms with Gasteiger partial charge in [-0.05, 0) is 32.2 Å². The molecule has 0 aromatic carbocycles. The fourth-order valence-corrected chi connectivity index (χ4v) is 4.80. The summed E-state index contributed by atoms with van der Waals surface area (Å²) in [6.07, 6.45) is 4.91. The van der Waals surface area contributed by atoms with Crippen molar-refractivity contribution in [3.05, 3.63) is 0 Å². The minimum absolute atomic E-state index is 0. The van der Waals surface area contributed by atoms with E-state index < -0.39 is 10.2 Å². The van der Waals surface area contributed by atoms with Gasteiger partial charge in [-0.25, -0.2) is 0 Å². The fourth-order valence-electron chi connectivity index (χ4n) is 2.97. The summed E-state index contributed by atoms with van der Waals surface area (Å²) in [4.78, 5) is 0. The van der Waals surface area contributed by atoms with Crippen molar-refractivity contribution in [2.45, 2.75) is 51.1 Å². The number of fused-ring (bicyclic) bond motifs is 2. The van der Waals surface area contributed by atoms with Crippen LogP contribution in [0.15, 0.2) is 0 Å². The Hall–Kier alpha value is 0.120. The zero-order valence-corrected chi connectivity index (χ0v) is 13.5. The topological polar surface area (TPSA) is 52.7 Å². The minimum atomic E-state index is -3.27. The summed E-state index contributed by atoms with van der Waals surface area (Å²) in [7, 11) is -1.56. The van der Waals surface area contributed by atoms with E-state index in [1.165, 1.54) is 4.31 Å². The maximum atomic E-state index is 12.6. The quantitative estimate of drug-likeness (QED) is 0.830. The van der Waals surface area contributed by atoms with E-state index in [2.05, 4.69) is 12.2 Å². The van der Waals surface area contributed by atoms with E-state index in [1.807, 2.05) is 0 Å². The van der Waals surface area contributed by atoms with Crippen LogP contribution in [0.1, 0.15) is 39.0 Å². The molecule has 7 heteroatoms. The van der Waals surface area contributed by atoms with Crippen molar-refractivity contribution in [1.82, 2.24) is 13.9 Å². The lowest BCUT2D eigenvalue weighted by atomic mass is 10.1. The third kappa shape index (κ3) is 3.61. The smallest absolute Gasteiger partial charge is 0.282 e. The average Bonchev–Trinajstić information content (AvgIpc) is 2.60. The first kappa shape index (κ1) is 17.2. The summed E-state index contributed by atoms with van der Waals surface area (Å²) in [5, 5.41) is 3.34. The zero-order valence-electron chi connectivity index (χ0n) is 11.8. The van der Waals surface area contributed by atoms with Gasteiger partial charge in [-0.2, -0.15) is 17.0 Å². The predicted molar refractivity (Wildman–Crippen MR) is 79.8 cm³/mol. The molecular formula is C12H26ClN3O2S. The van der Waals surface area contributed by atoms with Gasteiger partial charge in [0.05, 0.1) is 0 Å². The lowest BCUT2D eigenvalue weighted by molar-refractivity contribution is 0.301. The molecule has 2 saturated heterocycles. The number of unbranched alkanes of at least 4 members (excludes halogenated alkanes) is 1. The van der Waals surface area contributed by atoms with Gasteiger partial charge in [0.25, 0.3) is 10.2 Å². The molecule has 1 N–H and O–H groups in total. The third-order valence-electron chi connectivity index (χ3n) is 4.07. The summed E-state index contributed by atoms with van der Waals surface area (Å²) in [5.74, 6) is 0. The molecule has 2 bridgehead atoms. The van der Waals surface area contributed by atoms with Crippen LogP contribution < -0.4 is 5.32 Å². The highest BCUT2D eigenvalue weighted by molar-refractivity contribution is 7.86. The number of hydrogen-bond donors (Lipinski definition) is 1. The zero-order chi connectivity index (χ0) is 13.2. The van der Waals surface area contributed by atoms with Gasteiger partial charge in [0.15, 0.2) is 0 Å². The second-order valence-corrected chi connectivity index (χ2v) is 7.33. The van der Waals surface area contributed by atoms with E-state index in [9.17, 15) is 8.42 Å². The molecule has 0 amide bonds. The van der Waals surface area contributed by atoms with Gasteiger partial charge in [-0.3, -0.25) is 0 Å². The highest BCUT2D eigenvalue weighted by Gasteiger charge is 2.43. The molecule has 5 nitrogen and oxygen atoms in total. The molecule has 2 atom stereocenters. The van der Waals surface area contributed by atoms with Crippen LogP contribution in [0.25, 0.3) is 0 Å². The van der Waals surface area contributed by atoms with Crippen LogP contribution in [0.3, 0.4) is 0 Å². The normalized spacial score (nSPS) is 28.2. The molecule has 0 radical (unpaired) electrons. The maximum Gasteiger partial charge on any atom is 0.282 e. The van der Waals surface area contributed by atoms with Gasteiger partial charge in [0.2, 0.25) is 0 Å². The number of rotatable bonds is 5. The standard InChI is InChI=1S/C12H25N3O2S.ClH/c1-3-4-9-14(2)18(16,17)15-11-5-6-12(15)10-13-8-7-11;/h11-13H,3-10H2,1-2H3;1H. The second kappa shape index (κ2) is 7.22. The van der Waals surface area contributed by atoms with Gasteiger partial charge >= 0.3 is 0 Å². The molecule has 0 aromatic heterocycles. The Kier molecular flexibility index (Phi) is 6.53. The summed E-state index contributed by atoms with van der Waals surface area (Å²) in [6.45, 7) is 4.45. The molecule has 0 saturated carbocycles. The largest absolute Gasteiger partial charge is 0.315 e. The van der Waals surface area contributed by atoms with Crippen LogP contribution in [-0.2, 0) is 10.2 Å². The fraction of sp³-hybridized carbons (Fsp3) is 1.00. The average molecular weight is 312 g/mol. The van der Waals surface area contributed by atoms with Gasteiger partial charge in [-0.15, -0.1) is 12.4 Å². The molecule has 114 valence electrons. The minimum Gasteiger partial charge on any atom is -0.315 e.